The van der Waals surface area contributed by atoms with Crippen molar-refractivity contribution in [3.63, 3.8) is 0 Å². The number of rotatable bonds is 5. The summed E-state index contributed by atoms with van der Waals surface area (Å²) in [5, 5.41) is 7.88. The van der Waals surface area contributed by atoms with E-state index in [9.17, 15) is 18.0 Å². The highest BCUT2D eigenvalue weighted by molar-refractivity contribution is 5.67. The number of fused-ring (bicyclic) bond motifs is 1. The van der Waals surface area contributed by atoms with Crippen LogP contribution in [0.25, 0.3) is 0 Å². The van der Waals surface area contributed by atoms with E-state index in [1.165, 1.54) is 16.5 Å². The predicted molar refractivity (Wildman–Crippen MR) is 80.2 cm³/mol. The minimum atomic E-state index is -4.24. The molecule has 1 aromatic rings. The molecule has 1 atom stereocenters. The minimum absolute atomic E-state index is 0.0225. The first kappa shape index (κ1) is 18.5. The first-order valence-corrected chi connectivity index (χ1v) is 8.04. The lowest BCUT2D eigenvalue weighted by Gasteiger charge is -2.26. The molecule has 1 amide bonds. The van der Waals surface area contributed by atoms with Crippen molar-refractivity contribution in [2.45, 2.75) is 52.4 Å². The molecule has 2 heterocycles. The number of alkyl halides is 3. The Hall–Kier alpha value is -1.80. The van der Waals surface area contributed by atoms with E-state index < -0.39 is 18.2 Å². The summed E-state index contributed by atoms with van der Waals surface area (Å²) >= 11 is 0. The average Bonchev–Trinajstić information content (AvgIpc) is 2.88. The average molecular weight is 348 g/mol. The molecular weight excluding hydrogens is 325 g/mol. The van der Waals surface area contributed by atoms with E-state index in [4.69, 9.17) is 4.74 Å². The maximum atomic E-state index is 12.9. The molecule has 136 valence electrons. The first-order chi connectivity index (χ1) is 11.2. The van der Waals surface area contributed by atoms with Gasteiger partial charge in [-0.15, -0.1) is 10.2 Å². The lowest BCUT2D eigenvalue weighted by molar-refractivity contribution is -0.182. The summed E-state index contributed by atoms with van der Waals surface area (Å²) in [4.78, 5) is 13.2. The summed E-state index contributed by atoms with van der Waals surface area (Å²) in [7, 11) is 1.53. The Balaban J connectivity index is 1.97. The molecule has 2 rings (SSSR count). The smallest absolute Gasteiger partial charge is 0.409 e. The molecule has 1 unspecified atom stereocenters. The van der Waals surface area contributed by atoms with Crippen molar-refractivity contribution < 1.29 is 22.7 Å². The van der Waals surface area contributed by atoms with E-state index in [1.807, 2.05) is 13.8 Å². The number of halogens is 3. The summed E-state index contributed by atoms with van der Waals surface area (Å²) in [6.07, 6.45) is -3.74. The second kappa shape index (κ2) is 7.40. The second-order valence-corrected chi connectivity index (χ2v) is 6.57. The molecule has 0 spiro atoms. The first-order valence-electron chi connectivity index (χ1n) is 8.04. The lowest BCUT2D eigenvalue weighted by atomic mass is 9.99. The van der Waals surface area contributed by atoms with Crippen LogP contribution < -0.4 is 0 Å². The second-order valence-electron chi connectivity index (χ2n) is 6.57. The van der Waals surface area contributed by atoms with E-state index in [0.717, 1.165) is 6.42 Å². The van der Waals surface area contributed by atoms with Crippen molar-refractivity contribution in [2.24, 2.45) is 11.8 Å². The molecule has 6 nitrogen and oxygen atoms in total. The fraction of sp³-hybridized carbons (Fsp3) is 0.800. The molecule has 0 fully saturated rings. The Labute approximate surface area is 139 Å². The van der Waals surface area contributed by atoms with Gasteiger partial charge in [0.1, 0.15) is 5.82 Å². The zero-order valence-corrected chi connectivity index (χ0v) is 14.1. The van der Waals surface area contributed by atoms with Gasteiger partial charge in [0.05, 0.1) is 19.1 Å². The van der Waals surface area contributed by atoms with Gasteiger partial charge in [-0.05, 0) is 18.8 Å². The standard InChI is InChI=1S/C15H23F3N4O2/c1-10(2)6-7-24-14(23)21(3)9-13-20-19-12-5-4-11(8-22(12)13)15(16,17)18/h10-11H,4-9H2,1-3H3. The molecule has 0 saturated heterocycles. The van der Waals surface area contributed by atoms with Crippen molar-refractivity contribution in [3.8, 4) is 0 Å². The maximum Gasteiger partial charge on any atom is 0.409 e. The number of carbonyl (C=O) groups is 1. The number of aryl methyl sites for hydroxylation is 1. The molecule has 0 saturated carbocycles. The summed E-state index contributed by atoms with van der Waals surface area (Å²) in [6, 6.07) is 0. The number of nitrogens with zero attached hydrogens (tertiary/aromatic N) is 4. The Kier molecular flexibility index (Phi) is 5.71. The quantitative estimate of drug-likeness (QED) is 0.821. The van der Waals surface area contributed by atoms with Crippen LogP contribution in [0.15, 0.2) is 0 Å². The molecule has 0 bridgehead atoms. The minimum Gasteiger partial charge on any atom is -0.449 e. The van der Waals surface area contributed by atoms with Crippen LogP contribution in [0.1, 0.15) is 38.3 Å². The Morgan fingerprint density at radius 1 is 1.42 bits per heavy atom. The number of aromatic nitrogens is 3. The summed E-state index contributed by atoms with van der Waals surface area (Å²) in [6.45, 7) is 4.23. The van der Waals surface area contributed by atoms with E-state index in [2.05, 4.69) is 10.2 Å². The van der Waals surface area contributed by atoms with Crippen LogP contribution in [0.2, 0.25) is 0 Å². The van der Waals surface area contributed by atoms with E-state index in [1.54, 1.807) is 0 Å². The number of ether oxygens (including phenoxy) is 1. The van der Waals surface area contributed by atoms with Crippen molar-refractivity contribution >= 4 is 6.09 Å². The van der Waals surface area contributed by atoms with Crippen LogP contribution in [-0.2, 0) is 24.2 Å². The summed E-state index contributed by atoms with van der Waals surface area (Å²) < 4.78 is 45.4. The molecule has 1 aliphatic rings. The molecule has 0 aromatic carbocycles. The normalized spacial score (nSPS) is 17.7. The van der Waals surface area contributed by atoms with E-state index in [-0.39, 0.29) is 25.9 Å². The fourth-order valence-electron chi connectivity index (χ4n) is 2.54. The largest absolute Gasteiger partial charge is 0.449 e. The topological polar surface area (TPSA) is 60.2 Å². The van der Waals surface area contributed by atoms with Gasteiger partial charge in [-0.1, -0.05) is 13.8 Å². The Morgan fingerprint density at radius 2 is 2.12 bits per heavy atom. The Morgan fingerprint density at radius 3 is 2.75 bits per heavy atom. The lowest BCUT2D eigenvalue weighted by Crippen LogP contribution is -2.34. The molecule has 9 heteroatoms. The van der Waals surface area contributed by atoms with Gasteiger partial charge in [-0.25, -0.2) is 4.79 Å². The number of hydrogen-bond donors (Lipinski definition) is 0. The highest BCUT2D eigenvalue weighted by Crippen LogP contribution is 2.34. The molecule has 0 aliphatic carbocycles. The monoisotopic (exact) mass is 348 g/mol. The fourth-order valence-corrected chi connectivity index (χ4v) is 2.54. The van der Waals surface area contributed by atoms with Gasteiger partial charge in [0.2, 0.25) is 0 Å². The number of amides is 1. The molecule has 0 radical (unpaired) electrons. The third kappa shape index (κ3) is 4.61. The van der Waals surface area contributed by atoms with Gasteiger partial charge >= 0.3 is 12.3 Å². The maximum absolute atomic E-state index is 12.9. The van der Waals surface area contributed by atoms with Crippen LogP contribution in [0, 0.1) is 11.8 Å². The highest BCUT2D eigenvalue weighted by atomic mass is 19.4. The molecular formula is C15H23F3N4O2. The van der Waals surface area contributed by atoms with Crippen molar-refractivity contribution in [1.82, 2.24) is 19.7 Å². The van der Waals surface area contributed by atoms with Gasteiger partial charge in [-0.2, -0.15) is 13.2 Å². The third-order valence-corrected chi connectivity index (χ3v) is 4.10. The molecule has 1 aliphatic heterocycles. The SMILES string of the molecule is CC(C)CCOC(=O)N(C)Cc1nnc2n1CC(C(F)(F)F)CC2. The highest BCUT2D eigenvalue weighted by Gasteiger charge is 2.42. The molecule has 1 aromatic heterocycles. The van der Waals surface area contributed by atoms with Crippen LogP contribution in [0.5, 0.6) is 0 Å². The zero-order valence-electron chi connectivity index (χ0n) is 14.1. The van der Waals surface area contributed by atoms with Crippen molar-refractivity contribution in [1.29, 1.82) is 0 Å². The Bertz CT molecular complexity index is 572. The van der Waals surface area contributed by atoms with E-state index >= 15 is 0 Å². The van der Waals surface area contributed by atoms with Crippen LogP contribution in [-0.4, -0.2) is 45.6 Å². The van der Waals surface area contributed by atoms with Gasteiger partial charge in [-0.3, -0.25) is 0 Å². The molecule has 24 heavy (non-hydrogen) atoms. The van der Waals surface area contributed by atoms with Gasteiger partial charge in [0.25, 0.3) is 0 Å². The van der Waals surface area contributed by atoms with Gasteiger partial charge in [0.15, 0.2) is 5.82 Å². The van der Waals surface area contributed by atoms with E-state index in [0.29, 0.717) is 24.2 Å². The van der Waals surface area contributed by atoms with Crippen LogP contribution >= 0.6 is 0 Å². The predicted octanol–water partition coefficient (Wildman–Crippen LogP) is 3.02. The zero-order chi connectivity index (χ0) is 17.9. The van der Waals surface area contributed by atoms with Crippen LogP contribution in [0.4, 0.5) is 18.0 Å². The van der Waals surface area contributed by atoms with Crippen molar-refractivity contribution in [3.05, 3.63) is 11.6 Å². The third-order valence-electron chi connectivity index (χ3n) is 4.10. The van der Waals surface area contributed by atoms with Gasteiger partial charge < -0.3 is 14.2 Å². The van der Waals surface area contributed by atoms with Crippen LogP contribution in [0.3, 0.4) is 0 Å². The number of hydrogen-bond acceptors (Lipinski definition) is 4. The molecule has 0 N–H and O–H groups in total. The number of carbonyl (C=O) groups excluding carboxylic acids is 1. The summed E-state index contributed by atoms with van der Waals surface area (Å²) in [5.41, 5.74) is 0. The van der Waals surface area contributed by atoms with Crippen molar-refractivity contribution in [2.75, 3.05) is 13.7 Å². The summed E-state index contributed by atoms with van der Waals surface area (Å²) in [5.74, 6) is -0.0942. The van der Waals surface area contributed by atoms with Gasteiger partial charge in [0, 0.05) is 20.0 Å².